The number of piperidine rings is 1. The van der Waals surface area contributed by atoms with Gasteiger partial charge in [-0.3, -0.25) is 9.59 Å². The third kappa shape index (κ3) is 4.61. The van der Waals surface area contributed by atoms with Crippen LogP contribution < -0.4 is 4.74 Å². The lowest BCUT2D eigenvalue weighted by Crippen LogP contribution is -2.42. The Kier molecular flexibility index (Phi) is 5.62. The fraction of sp³-hybridized carbons (Fsp3) is 0.619. The molecule has 2 heterocycles. The molecule has 2 saturated heterocycles. The fourth-order valence-corrected chi connectivity index (χ4v) is 3.85. The minimum atomic E-state index is 0.0476. The predicted octanol–water partition coefficient (Wildman–Crippen LogP) is 2.19. The monoisotopic (exact) mass is 372 g/mol. The minimum absolute atomic E-state index is 0.0476. The molecule has 3 fully saturated rings. The van der Waals surface area contributed by atoms with E-state index in [-0.39, 0.29) is 5.91 Å². The van der Waals surface area contributed by atoms with E-state index in [1.165, 1.54) is 0 Å². The van der Waals surface area contributed by atoms with Crippen LogP contribution in [0, 0.1) is 11.8 Å². The zero-order valence-corrected chi connectivity index (χ0v) is 15.8. The van der Waals surface area contributed by atoms with Crippen LogP contribution in [0.15, 0.2) is 24.3 Å². The molecule has 6 heteroatoms. The van der Waals surface area contributed by atoms with E-state index in [0.29, 0.717) is 56.2 Å². The molecule has 27 heavy (non-hydrogen) atoms. The van der Waals surface area contributed by atoms with Gasteiger partial charge in [-0.15, -0.1) is 0 Å². The van der Waals surface area contributed by atoms with Gasteiger partial charge in [0.1, 0.15) is 5.75 Å². The SMILES string of the molecule is O=C(c1ccc(OC[C@H]2CCCN(C(=O)C3CC3)C2)cc1)N1CCOCC1. The first-order valence-corrected chi connectivity index (χ1v) is 10.1. The summed E-state index contributed by atoms with van der Waals surface area (Å²) in [6.45, 7) is 4.82. The van der Waals surface area contributed by atoms with Crippen molar-refractivity contribution < 1.29 is 19.1 Å². The van der Waals surface area contributed by atoms with Crippen molar-refractivity contribution in [1.29, 1.82) is 0 Å². The van der Waals surface area contributed by atoms with Crippen molar-refractivity contribution in [1.82, 2.24) is 9.80 Å². The molecular formula is C21H28N2O4. The first-order valence-electron chi connectivity index (χ1n) is 10.1. The molecule has 0 spiro atoms. The number of rotatable bonds is 5. The van der Waals surface area contributed by atoms with Crippen molar-refractivity contribution in [3.8, 4) is 5.75 Å². The average Bonchev–Trinajstić information content (AvgIpc) is 3.58. The van der Waals surface area contributed by atoms with Crippen LogP contribution in [0.25, 0.3) is 0 Å². The van der Waals surface area contributed by atoms with Crippen LogP contribution in [0.1, 0.15) is 36.0 Å². The van der Waals surface area contributed by atoms with Gasteiger partial charge in [0, 0.05) is 43.6 Å². The number of ether oxygens (including phenoxy) is 2. The third-order valence-corrected chi connectivity index (χ3v) is 5.64. The molecule has 1 aliphatic carbocycles. The molecule has 3 aliphatic rings. The largest absolute Gasteiger partial charge is 0.493 e. The van der Waals surface area contributed by atoms with Crippen LogP contribution in [0.3, 0.4) is 0 Å². The number of hydrogen-bond donors (Lipinski definition) is 0. The third-order valence-electron chi connectivity index (χ3n) is 5.64. The molecule has 1 atom stereocenters. The molecule has 6 nitrogen and oxygen atoms in total. The molecule has 146 valence electrons. The molecule has 0 aromatic heterocycles. The highest BCUT2D eigenvalue weighted by Crippen LogP contribution is 2.32. The Morgan fingerprint density at radius 3 is 2.44 bits per heavy atom. The number of nitrogens with zero attached hydrogens (tertiary/aromatic N) is 2. The van der Waals surface area contributed by atoms with Gasteiger partial charge in [0.15, 0.2) is 0 Å². The molecule has 0 bridgehead atoms. The van der Waals surface area contributed by atoms with Crippen LogP contribution in [-0.4, -0.2) is 67.6 Å². The number of carbonyl (C=O) groups excluding carboxylic acids is 2. The number of amides is 2. The van der Waals surface area contributed by atoms with Gasteiger partial charge in [-0.1, -0.05) is 0 Å². The van der Waals surface area contributed by atoms with Gasteiger partial charge < -0.3 is 19.3 Å². The number of hydrogen-bond acceptors (Lipinski definition) is 4. The smallest absolute Gasteiger partial charge is 0.254 e. The summed E-state index contributed by atoms with van der Waals surface area (Å²) in [5.74, 6) is 1.84. The van der Waals surface area contributed by atoms with E-state index >= 15 is 0 Å². The van der Waals surface area contributed by atoms with Gasteiger partial charge in [0.25, 0.3) is 5.91 Å². The fourth-order valence-electron chi connectivity index (χ4n) is 3.85. The van der Waals surface area contributed by atoms with E-state index in [4.69, 9.17) is 9.47 Å². The van der Waals surface area contributed by atoms with Crippen molar-refractivity contribution in [3.05, 3.63) is 29.8 Å². The first-order chi connectivity index (χ1) is 13.2. The zero-order valence-electron chi connectivity index (χ0n) is 15.8. The van der Waals surface area contributed by atoms with E-state index in [9.17, 15) is 9.59 Å². The van der Waals surface area contributed by atoms with Crippen LogP contribution in [0.2, 0.25) is 0 Å². The van der Waals surface area contributed by atoms with E-state index in [0.717, 1.165) is 44.5 Å². The summed E-state index contributed by atoms with van der Waals surface area (Å²) in [6.07, 6.45) is 4.28. The van der Waals surface area contributed by atoms with Crippen LogP contribution in [0.5, 0.6) is 5.75 Å². The van der Waals surface area contributed by atoms with Gasteiger partial charge >= 0.3 is 0 Å². The van der Waals surface area contributed by atoms with Crippen LogP contribution in [0.4, 0.5) is 0 Å². The topological polar surface area (TPSA) is 59.1 Å². The second kappa shape index (κ2) is 8.30. The van der Waals surface area contributed by atoms with Crippen LogP contribution >= 0.6 is 0 Å². The van der Waals surface area contributed by atoms with Gasteiger partial charge in [-0.2, -0.15) is 0 Å². The predicted molar refractivity (Wildman–Crippen MR) is 101 cm³/mol. The van der Waals surface area contributed by atoms with Crippen molar-refractivity contribution in [3.63, 3.8) is 0 Å². The first kappa shape index (κ1) is 18.3. The highest BCUT2D eigenvalue weighted by atomic mass is 16.5. The van der Waals surface area contributed by atoms with Gasteiger partial charge in [-0.05, 0) is 49.9 Å². The lowest BCUT2D eigenvalue weighted by atomic mass is 9.98. The molecule has 2 amide bonds. The molecule has 1 saturated carbocycles. The second-order valence-electron chi connectivity index (χ2n) is 7.81. The van der Waals surface area contributed by atoms with E-state index in [2.05, 4.69) is 0 Å². The standard InChI is InChI=1S/C21H28N2O4/c24-20(22-10-12-26-13-11-22)18-5-7-19(8-6-18)27-15-16-2-1-9-23(14-16)21(25)17-3-4-17/h5-8,16-17H,1-4,9-15H2/t16-/m0/s1. The van der Waals surface area contributed by atoms with Gasteiger partial charge in [0.05, 0.1) is 19.8 Å². The normalized spacial score (nSPS) is 23.2. The summed E-state index contributed by atoms with van der Waals surface area (Å²) < 4.78 is 11.2. The number of likely N-dealkylation sites (tertiary alicyclic amines) is 1. The molecule has 0 unspecified atom stereocenters. The van der Waals surface area contributed by atoms with Crippen molar-refractivity contribution in [2.24, 2.45) is 11.8 Å². The Hall–Kier alpha value is -2.08. The molecular weight excluding hydrogens is 344 g/mol. The lowest BCUT2D eigenvalue weighted by molar-refractivity contribution is -0.134. The summed E-state index contributed by atoms with van der Waals surface area (Å²) in [4.78, 5) is 28.6. The van der Waals surface area contributed by atoms with E-state index in [1.807, 2.05) is 34.1 Å². The molecule has 1 aromatic rings. The van der Waals surface area contributed by atoms with Crippen molar-refractivity contribution >= 4 is 11.8 Å². The molecule has 1 aromatic carbocycles. The number of carbonyl (C=O) groups is 2. The quantitative estimate of drug-likeness (QED) is 0.795. The molecule has 0 N–H and O–H groups in total. The summed E-state index contributed by atoms with van der Waals surface area (Å²) in [6, 6.07) is 7.39. The Labute approximate surface area is 160 Å². The van der Waals surface area contributed by atoms with Crippen molar-refractivity contribution in [2.75, 3.05) is 46.0 Å². The van der Waals surface area contributed by atoms with E-state index < -0.39 is 0 Å². The highest BCUT2D eigenvalue weighted by molar-refractivity contribution is 5.94. The summed E-state index contributed by atoms with van der Waals surface area (Å²) in [5, 5.41) is 0. The average molecular weight is 372 g/mol. The Morgan fingerprint density at radius 2 is 1.74 bits per heavy atom. The molecule has 4 rings (SSSR count). The Balaban J connectivity index is 1.27. The lowest BCUT2D eigenvalue weighted by Gasteiger charge is -2.32. The molecule has 2 aliphatic heterocycles. The summed E-state index contributed by atoms with van der Waals surface area (Å²) in [7, 11) is 0. The van der Waals surface area contributed by atoms with Gasteiger partial charge in [0.2, 0.25) is 5.91 Å². The summed E-state index contributed by atoms with van der Waals surface area (Å²) in [5.41, 5.74) is 0.683. The highest BCUT2D eigenvalue weighted by Gasteiger charge is 2.35. The molecule has 0 radical (unpaired) electrons. The minimum Gasteiger partial charge on any atom is -0.493 e. The second-order valence-corrected chi connectivity index (χ2v) is 7.81. The van der Waals surface area contributed by atoms with E-state index in [1.54, 1.807) is 0 Å². The van der Waals surface area contributed by atoms with Crippen LogP contribution in [-0.2, 0) is 9.53 Å². The summed E-state index contributed by atoms with van der Waals surface area (Å²) >= 11 is 0. The Morgan fingerprint density at radius 1 is 1.00 bits per heavy atom. The van der Waals surface area contributed by atoms with Gasteiger partial charge in [-0.25, -0.2) is 0 Å². The maximum absolute atomic E-state index is 12.5. The Bertz CT molecular complexity index is 665. The number of morpholine rings is 1. The zero-order chi connectivity index (χ0) is 18.6. The maximum atomic E-state index is 12.5. The van der Waals surface area contributed by atoms with Crippen molar-refractivity contribution in [2.45, 2.75) is 25.7 Å². The number of benzene rings is 1. The maximum Gasteiger partial charge on any atom is 0.254 e.